The van der Waals surface area contributed by atoms with Crippen LogP contribution >= 0.6 is 0 Å². The summed E-state index contributed by atoms with van der Waals surface area (Å²) in [4.78, 5) is 20.7. The van der Waals surface area contributed by atoms with E-state index in [4.69, 9.17) is 4.74 Å². The van der Waals surface area contributed by atoms with Gasteiger partial charge in [0.2, 0.25) is 5.88 Å². The lowest BCUT2D eigenvalue weighted by molar-refractivity contribution is -0.223. The van der Waals surface area contributed by atoms with E-state index < -0.39 is 47.7 Å². The molecule has 1 aromatic heterocycles. The van der Waals surface area contributed by atoms with E-state index in [1.54, 1.807) is 0 Å². The highest BCUT2D eigenvalue weighted by Crippen LogP contribution is 2.51. The fourth-order valence-electron chi connectivity index (χ4n) is 2.70. The lowest BCUT2D eigenvalue weighted by atomic mass is 10.3. The summed E-state index contributed by atoms with van der Waals surface area (Å²) in [5.74, 6) is -2.29. The number of hydrogen-bond acceptors (Lipinski definition) is 5. The van der Waals surface area contributed by atoms with Crippen LogP contribution in [0.25, 0.3) is 0 Å². The Morgan fingerprint density at radius 3 is 2.62 bits per heavy atom. The number of alkyl halides is 3. The molecular formula is C17H15F5N4O3. The van der Waals surface area contributed by atoms with Gasteiger partial charge in [-0.25, -0.2) is 23.5 Å². The topological polar surface area (TPSA) is 87.6 Å². The van der Waals surface area contributed by atoms with Crippen LogP contribution in [0.3, 0.4) is 0 Å². The Bertz CT molecular complexity index is 909. The molecule has 7 nitrogen and oxygen atoms in total. The number of aromatic nitrogens is 2. The summed E-state index contributed by atoms with van der Waals surface area (Å²) in [5, 5.41) is 11.9. The highest BCUT2D eigenvalue weighted by Gasteiger charge is 2.72. The average Bonchev–Trinajstić information content (AvgIpc) is 3.33. The monoisotopic (exact) mass is 418 g/mol. The number of carbonyl (C=O) groups is 1. The first kappa shape index (κ1) is 20.7. The quantitative estimate of drug-likeness (QED) is 0.727. The van der Waals surface area contributed by atoms with E-state index in [1.807, 2.05) is 0 Å². The van der Waals surface area contributed by atoms with E-state index in [-0.39, 0.29) is 18.2 Å². The second-order valence-corrected chi connectivity index (χ2v) is 6.27. The summed E-state index contributed by atoms with van der Waals surface area (Å²) >= 11 is 0. The van der Waals surface area contributed by atoms with Gasteiger partial charge in [0.05, 0.1) is 18.4 Å². The zero-order valence-corrected chi connectivity index (χ0v) is 14.9. The number of rotatable bonds is 5. The first-order valence-corrected chi connectivity index (χ1v) is 8.37. The number of benzene rings is 1. The van der Waals surface area contributed by atoms with Crippen molar-refractivity contribution in [1.29, 1.82) is 0 Å². The number of hydrogen-bond donors (Lipinski definition) is 2. The zero-order valence-electron chi connectivity index (χ0n) is 14.9. The van der Waals surface area contributed by atoms with Crippen molar-refractivity contribution in [3.8, 4) is 11.6 Å². The van der Waals surface area contributed by atoms with Gasteiger partial charge in [0.25, 0.3) is 0 Å². The standard InChI is InChI=1S/C17H15F5N4O3/c1-2-26(12-6-16(12,28)17(20,21)22)15(27)25-13-7-24-14(8-23-13)29-11-5-9(18)3-4-10(11)19/h3-5,7-8,12,28H,2,6H2,1H3,(H,23,25,27)/t12?,16-/m1/s1. The van der Waals surface area contributed by atoms with Crippen LogP contribution in [0.1, 0.15) is 13.3 Å². The summed E-state index contributed by atoms with van der Waals surface area (Å²) in [6.07, 6.45) is -3.42. The minimum Gasteiger partial charge on any atom is -0.434 e. The Morgan fingerprint density at radius 1 is 1.34 bits per heavy atom. The second kappa shape index (κ2) is 7.43. The van der Waals surface area contributed by atoms with Gasteiger partial charge < -0.3 is 14.7 Å². The van der Waals surface area contributed by atoms with Gasteiger partial charge in [-0.05, 0) is 19.1 Å². The minimum atomic E-state index is -4.85. The fourth-order valence-corrected chi connectivity index (χ4v) is 2.70. The van der Waals surface area contributed by atoms with Crippen molar-refractivity contribution in [1.82, 2.24) is 14.9 Å². The Balaban J connectivity index is 1.65. The molecule has 2 atom stereocenters. The van der Waals surface area contributed by atoms with Crippen molar-refractivity contribution >= 4 is 11.8 Å². The van der Waals surface area contributed by atoms with Crippen molar-refractivity contribution in [3.05, 3.63) is 42.2 Å². The number of anilines is 1. The number of halogens is 5. The predicted octanol–water partition coefficient (Wildman–Crippen LogP) is 3.47. The Morgan fingerprint density at radius 2 is 2.07 bits per heavy atom. The third kappa shape index (κ3) is 4.21. The molecule has 1 aromatic carbocycles. The number of amides is 2. The second-order valence-electron chi connectivity index (χ2n) is 6.27. The van der Waals surface area contributed by atoms with Crippen LogP contribution in [0, 0.1) is 11.6 Å². The zero-order chi connectivity index (χ0) is 21.4. The van der Waals surface area contributed by atoms with Crippen LogP contribution in [0.4, 0.5) is 32.6 Å². The summed E-state index contributed by atoms with van der Waals surface area (Å²) in [6.45, 7) is 1.38. The van der Waals surface area contributed by atoms with Gasteiger partial charge in [-0.3, -0.25) is 5.32 Å². The smallest absolute Gasteiger partial charge is 0.419 e. The van der Waals surface area contributed by atoms with Gasteiger partial charge in [-0.2, -0.15) is 13.2 Å². The summed E-state index contributed by atoms with van der Waals surface area (Å²) in [5.41, 5.74) is -2.93. The molecule has 2 aromatic rings. The van der Waals surface area contributed by atoms with Crippen LogP contribution in [0.2, 0.25) is 0 Å². The first-order chi connectivity index (χ1) is 13.5. The number of carbonyl (C=O) groups excluding carboxylic acids is 1. The molecular weight excluding hydrogens is 403 g/mol. The Labute approximate surface area is 161 Å². The Kier molecular flexibility index (Phi) is 5.30. The molecule has 0 saturated heterocycles. The van der Waals surface area contributed by atoms with Crippen molar-refractivity contribution in [2.45, 2.75) is 31.2 Å². The fraction of sp³-hybridized carbons (Fsp3) is 0.353. The third-order valence-corrected chi connectivity index (χ3v) is 4.34. The van der Waals surface area contributed by atoms with Crippen LogP contribution < -0.4 is 10.1 Å². The van der Waals surface area contributed by atoms with E-state index in [0.29, 0.717) is 0 Å². The van der Waals surface area contributed by atoms with Gasteiger partial charge in [0.15, 0.2) is 23.0 Å². The van der Waals surface area contributed by atoms with Crippen LogP contribution in [0.15, 0.2) is 30.6 Å². The van der Waals surface area contributed by atoms with Gasteiger partial charge >= 0.3 is 12.2 Å². The number of ether oxygens (including phenoxy) is 1. The molecule has 12 heteroatoms. The Hall–Kier alpha value is -3.02. The summed E-state index contributed by atoms with van der Waals surface area (Å²) in [7, 11) is 0. The molecule has 1 fully saturated rings. The van der Waals surface area contributed by atoms with Gasteiger partial charge in [0, 0.05) is 19.0 Å². The number of nitrogens with one attached hydrogen (secondary N) is 1. The molecule has 1 saturated carbocycles. The maximum atomic E-state index is 13.6. The third-order valence-electron chi connectivity index (χ3n) is 4.34. The number of likely N-dealkylation sites (N-methyl/N-ethyl adjacent to an activating group) is 1. The van der Waals surface area contributed by atoms with Gasteiger partial charge in [-0.15, -0.1) is 0 Å². The molecule has 156 valence electrons. The summed E-state index contributed by atoms with van der Waals surface area (Å²) in [6, 6.07) is 0.275. The molecule has 1 aliphatic carbocycles. The van der Waals surface area contributed by atoms with Crippen LogP contribution in [0.5, 0.6) is 11.6 Å². The molecule has 0 radical (unpaired) electrons. The highest BCUT2D eigenvalue weighted by atomic mass is 19.4. The number of urea groups is 1. The first-order valence-electron chi connectivity index (χ1n) is 8.37. The van der Waals surface area contributed by atoms with Crippen molar-refractivity contribution in [3.63, 3.8) is 0 Å². The average molecular weight is 418 g/mol. The molecule has 3 rings (SSSR count). The molecule has 1 heterocycles. The summed E-state index contributed by atoms with van der Waals surface area (Å²) < 4.78 is 70.3. The molecule has 2 N–H and O–H groups in total. The van der Waals surface area contributed by atoms with Crippen LogP contribution in [-0.2, 0) is 0 Å². The maximum Gasteiger partial charge on any atom is 0.419 e. The van der Waals surface area contributed by atoms with Crippen molar-refractivity contribution in [2.24, 2.45) is 0 Å². The lowest BCUT2D eigenvalue weighted by Crippen LogP contribution is -2.45. The van der Waals surface area contributed by atoms with E-state index in [0.717, 1.165) is 35.5 Å². The predicted molar refractivity (Wildman–Crippen MR) is 89.3 cm³/mol. The maximum absolute atomic E-state index is 13.6. The molecule has 29 heavy (non-hydrogen) atoms. The van der Waals surface area contributed by atoms with Crippen molar-refractivity contribution < 1.29 is 36.6 Å². The molecule has 0 bridgehead atoms. The molecule has 0 aliphatic heterocycles. The number of aliphatic hydroxyl groups is 1. The normalized spacial score (nSPS) is 20.9. The number of nitrogens with zero attached hydrogens (tertiary/aromatic N) is 3. The minimum absolute atomic E-state index is 0.0810. The van der Waals surface area contributed by atoms with E-state index >= 15 is 0 Å². The molecule has 2 amide bonds. The van der Waals surface area contributed by atoms with Gasteiger partial charge in [-0.1, -0.05) is 0 Å². The van der Waals surface area contributed by atoms with E-state index in [1.165, 1.54) is 6.92 Å². The van der Waals surface area contributed by atoms with E-state index in [9.17, 15) is 31.9 Å². The molecule has 1 unspecified atom stereocenters. The SMILES string of the molecule is CCN(C(=O)Nc1cnc(Oc2cc(F)ccc2F)cn1)C1C[C@]1(O)C(F)(F)F. The molecule has 0 spiro atoms. The molecule has 1 aliphatic rings. The van der Waals surface area contributed by atoms with E-state index in [2.05, 4.69) is 15.3 Å². The highest BCUT2D eigenvalue weighted by molar-refractivity contribution is 5.88. The van der Waals surface area contributed by atoms with Gasteiger partial charge in [0.1, 0.15) is 5.82 Å². The lowest BCUT2D eigenvalue weighted by Gasteiger charge is -2.24. The van der Waals surface area contributed by atoms with Crippen molar-refractivity contribution in [2.75, 3.05) is 11.9 Å². The largest absolute Gasteiger partial charge is 0.434 e. The van der Waals surface area contributed by atoms with Crippen LogP contribution in [-0.4, -0.2) is 50.4 Å².